The molecule has 3 aromatic rings. The molecule has 0 radical (unpaired) electrons. The molecular weight excluding hydrogens is 390 g/mol. The molecule has 2 heterocycles. The van der Waals surface area contributed by atoms with Gasteiger partial charge in [0, 0.05) is 35.2 Å². The maximum atomic E-state index is 12.4. The second kappa shape index (κ2) is 7.21. The summed E-state index contributed by atoms with van der Waals surface area (Å²) < 4.78 is 28.0. The van der Waals surface area contributed by atoms with Gasteiger partial charge in [0.25, 0.3) is 0 Å². The molecule has 0 atom stereocenters. The SMILES string of the molecule is O=S(=O)(NCc1ccnc(-c2cccnc2)c1)c1ccccc1Br. The zero-order valence-corrected chi connectivity index (χ0v) is 15.0. The van der Waals surface area contributed by atoms with E-state index in [1.807, 2.05) is 18.2 Å². The van der Waals surface area contributed by atoms with Gasteiger partial charge in [-0.3, -0.25) is 9.97 Å². The third-order valence-corrected chi connectivity index (χ3v) is 5.79. The minimum Gasteiger partial charge on any atom is -0.264 e. The summed E-state index contributed by atoms with van der Waals surface area (Å²) in [6.45, 7) is 0.180. The van der Waals surface area contributed by atoms with Crippen molar-refractivity contribution in [1.29, 1.82) is 0 Å². The molecule has 0 amide bonds. The fourth-order valence-corrected chi connectivity index (χ4v) is 4.19. The molecule has 0 aliphatic heterocycles. The van der Waals surface area contributed by atoms with Crippen molar-refractivity contribution >= 4 is 26.0 Å². The molecule has 1 aromatic carbocycles. The number of hydrogen-bond donors (Lipinski definition) is 1. The topological polar surface area (TPSA) is 72.0 Å². The lowest BCUT2D eigenvalue weighted by atomic mass is 10.1. The predicted octanol–water partition coefficient (Wildman–Crippen LogP) is 3.38. The van der Waals surface area contributed by atoms with E-state index in [-0.39, 0.29) is 11.4 Å². The number of nitrogens with one attached hydrogen (secondary N) is 1. The minimum atomic E-state index is -3.60. The first kappa shape index (κ1) is 16.8. The number of aromatic nitrogens is 2. The molecule has 1 N–H and O–H groups in total. The molecule has 0 aliphatic carbocycles. The van der Waals surface area contributed by atoms with Crippen LogP contribution in [-0.4, -0.2) is 18.4 Å². The Hall–Kier alpha value is -2.09. The molecular formula is C17H14BrN3O2S. The molecule has 2 aromatic heterocycles. The maximum Gasteiger partial charge on any atom is 0.241 e. The van der Waals surface area contributed by atoms with E-state index in [9.17, 15) is 8.42 Å². The first-order valence-corrected chi connectivity index (χ1v) is 9.43. The highest BCUT2D eigenvalue weighted by atomic mass is 79.9. The Morgan fingerprint density at radius 2 is 1.88 bits per heavy atom. The van der Waals surface area contributed by atoms with Crippen molar-refractivity contribution in [3.05, 3.63) is 77.2 Å². The average Bonchev–Trinajstić information content (AvgIpc) is 2.61. The molecule has 0 bridgehead atoms. The molecule has 0 fully saturated rings. The van der Waals surface area contributed by atoms with E-state index in [1.165, 1.54) is 0 Å². The highest BCUT2D eigenvalue weighted by molar-refractivity contribution is 9.10. The van der Waals surface area contributed by atoms with Crippen molar-refractivity contribution in [1.82, 2.24) is 14.7 Å². The van der Waals surface area contributed by atoms with Crippen molar-refractivity contribution < 1.29 is 8.42 Å². The summed E-state index contributed by atoms with van der Waals surface area (Å²) in [5.74, 6) is 0. The lowest BCUT2D eigenvalue weighted by molar-refractivity contribution is 0.581. The van der Waals surface area contributed by atoms with Crippen LogP contribution in [0.3, 0.4) is 0 Å². The van der Waals surface area contributed by atoms with Crippen LogP contribution >= 0.6 is 15.9 Å². The quantitative estimate of drug-likeness (QED) is 0.708. The number of hydrogen-bond acceptors (Lipinski definition) is 4. The van der Waals surface area contributed by atoms with Gasteiger partial charge in [-0.15, -0.1) is 0 Å². The van der Waals surface area contributed by atoms with Crippen molar-refractivity contribution in [2.24, 2.45) is 0 Å². The fourth-order valence-electron chi connectivity index (χ4n) is 2.18. The number of rotatable bonds is 5. The second-order valence-electron chi connectivity index (χ2n) is 5.05. The third kappa shape index (κ3) is 3.87. The number of halogens is 1. The van der Waals surface area contributed by atoms with Gasteiger partial charge in [-0.25, -0.2) is 13.1 Å². The maximum absolute atomic E-state index is 12.4. The van der Waals surface area contributed by atoms with Gasteiger partial charge in [-0.2, -0.15) is 0 Å². The molecule has 0 unspecified atom stereocenters. The highest BCUT2D eigenvalue weighted by Gasteiger charge is 2.16. The average molecular weight is 404 g/mol. The van der Waals surface area contributed by atoms with Gasteiger partial charge < -0.3 is 0 Å². The number of benzene rings is 1. The van der Waals surface area contributed by atoms with Gasteiger partial charge in [-0.1, -0.05) is 12.1 Å². The summed E-state index contributed by atoms with van der Waals surface area (Å²) in [6.07, 6.45) is 5.07. The van der Waals surface area contributed by atoms with Crippen LogP contribution in [0.4, 0.5) is 0 Å². The van der Waals surface area contributed by atoms with Crippen molar-refractivity contribution in [2.75, 3.05) is 0 Å². The normalized spacial score (nSPS) is 11.4. The van der Waals surface area contributed by atoms with E-state index in [1.54, 1.807) is 48.9 Å². The summed E-state index contributed by atoms with van der Waals surface area (Å²) >= 11 is 3.26. The van der Waals surface area contributed by atoms with E-state index >= 15 is 0 Å². The van der Waals surface area contributed by atoms with E-state index < -0.39 is 10.0 Å². The number of sulfonamides is 1. The van der Waals surface area contributed by atoms with Crippen molar-refractivity contribution in [2.45, 2.75) is 11.4 Å². The first-order valence-electron chi connectivity index (χ1n) is 7.16. The number of nitrogens with zero attached hydrogens (tertiary/aromatic N) is 2. The van der Waals surface area contributed by atoms with E-state index in [0.29, 0.717) is 4.47 Å². The van der Waals surface area contributed by atoms with Crippen LogP contribution in [0.1, 0.15) is 5.56 Å². The van der Waals surface area contributed by atoms with Gasteiger partial charge in [0.05, 0.1) is 10.6 Å². The largest absolute Gasteiger partial charge is 0.264 e. The van der Waals surface area contributed by atoms with Gasteiger partial charge >= 0.3 is 0 Å². The Kier molecular flexibility index (Phi) is 5.03. The lowest BCUT2D eigenvalue weighted by Crippen LogP contribution is -2.23. The molecule has 24 heavy (non-hydrogen) atoms. The van der Waals surface area contributed by atoms with Crippen molar-refractivity contribution in [3.63, 3.8) is 0 Å². The lowest BCUT2D eigenvalue weighted by Gasteiger charge is -2.09. The van der Waals surface area contributed by atoms with Crippen LogP contribution in [0, 0.1) is 0 Å². The van der Waals surface area contributed by atoms with Gasteiger partial charge in [-0.05, 0) is 57.9 Å². The van der Waals surface area contributed by atoms with Gasteiger partial charge in [0.15, 0.2) is 0 Å². The Morgan fingerprint density at radius 1 is 1.04 bits per heavy atom. The summed E-state index contributed by atoms with van der Waals surface area (Å²) in [6, 6.07) is 14.1. The molecule has 5 nitrogen and oxygen atoms in total. The standard InChI is InChI=1S/C17H14BrN3O2S/c18-15-5-1-2-6-17(15)24(22,23)21-11-13-7-9-20-16(10-13)14-4-3-8-19-12-14/h1-10,12,21H,11H2. The zero-order valence-electron chi connectivity index (χ0n) is 12.6. The summed E-state index contributed by atoms with van der Waals surface area (Å²) in [5.41, 5.74) is 2.45. The Labute approximate surface area is 149 Å². The van der Waals surface area contributed by atoms with Crippen LogP contribution in [-0.2, 0) is 16.6 Å². The third-order valence-electron chi connectivity index (χ3n) is 3.37. The summed E-state index contributed by atoms with van der Waals surface area (Å²) in [7, 11) is -3.60. The van der Waals surface area contributed by atoms with Crippen molar-refractivity contribution in [3.8, 4) is 11.3 Å². The van der Waals surface area contributed by atoms with Crippen LogP contribution in [0.5, 0.6) is 0 Å². The molecule has 7 heteroatoms. The van der Waals surface area contributed by atoms with E-state index in [2.05, 4.69) is 30.6 Å². The minimum absolute atomic E-state index is 0.180. The Morgan fingerprint density at radius 3 is 2.62 bits per heavy atom. The van der Waals surface area contributed by atoms with Crippen LogP contribution < -0.4 is 4.72 Å². The Balaban J connectivity index is 1.79. The molecule has 122 valence electrons. The van der Waals surface area contributed by atoms with Gasteiger partial charge in [0.2, 0.25) is 10.0 Å². The Bertz CT molecular complexity index is 947. The van der Waals surface area contributed by atoms with Crippen LogP contribution in [0.15, 0.2) is 76.5 Å². The highest BCUT2D eigenvalue weighted by Crippen LogP contribution is 2.21. The van der Waals surface area contributed by atoms with Gasteiger partial charge in [0.1, 0.15) is 0 Å². The smallest absolute Gasteiger partial charge is 0.241 e. The summed E-state index contributed by atoms with van der Waals surface area (Å²) in [4.78, 5) is 8.58. The molecule has 0 saturated carbocycles. The molecule has 0 aliphatic rings. The summed E-state index contributed by atoms with van der Waals surface area (Å²) in [5, 5.41) is 0. The molecule has 3 rings (SSSR count). The molecule has 0 saturated heterocycles. The second-order valence-corrected chi connectivity index (χ2v) is 7.64. The van der Waals surface area contributed by atoms with E-state index in [4.69, 9.17) is 0 Å². The molecule has 0 spiro atoms. The zero-order chi connectivity index (χ0) is 17.0. The number of pyridine rings is 2. The fraction of sp³-hybridized carbons (Fsp3) is 0.0588. The van der Waals surface area contributed by atoms with Crippen LogP contribution in [0.25, 0.3) is 11.3 Å². The van der Waals surface area contributed by atoms with E-state index in [0.717, 1.165) is 16.8 Å². The first-order chi connectivity index (χ1) is 11.6. The van der Waals surface area contributed by atoms with Crippen LogP contribution in [0.2, 0.25) is 0 Å². The predicted molar refractivity (Wildman–Crippen MR) is 95.6 cm³/mol. The monoisotopic (exact) mass is 403 g/mol.